The summed E-state index contributed by atoms with van der Waals surface area (Å²) in [5.74, 6) is -0.331. The van der Waals surface area contributed by atoms with Gasteiger partial charge in [0.05, 0.1) is 0 Å². The van der Waals surface area contributed by atoms with E-state index in [0.717, 1.165) is 24.1 Å². The topological polar surface area (TPSA) is 126 Å². The van der Waals surface area contributed by atoms with E-state index in [4.69, 9.17) is 5.73 Å². The fourth-order valence-corrected chi connectivity index (χ4v) is 3.11. The molecule has 4 N–H and O–H groups in total. The summed E-state index contributed by atoms with van der Waals surface area (Å²) in [5.41, 5.74) is 7.18. The zero-order chi connectivity index (χ0) is 20.1. The summed E-state index contributed by atoms with van der Waals surface area (Å²) in [7, 11) is 0. The Hall–Kier alpha value is -3.49. The first-order chi connectivity index (χ1) is 13.5. The van der Waals surface area contributed by atoms with E-state index < -0.39 is 5.91 Å². The molecule has 0 bridgehead atoms. The van der Waals surface area contributed by atoms with Crippen LogP contribution in [0.3, 0.4) is 0 Å². The zero-order valence-electron chi connectivity index (χ0n) is 15.7. The van der Waals surface area contributed by atoms with Crippen LogP contribution in [-0.2, 0) is 4.79 Å². The Kier molecular flexibility index (Phi) is 5.83. The normalized spacial score (nSPS) is 16.3. The van der Waals surface area contributed by atoms with E-state index in [1.54, 1.807) is 4.90 Å². The van der Waals surface area contributed by atoms with Gasteiger partial charge in [0.25, 0.3) is 5.91 Å². The third-order valence-corrected chi connectivity index (χ3v) is 4.44. The van der Waals surface area contributed by atoms with Crippen LogP contribution in [0.25, 0.3) is 0 Å². The van der Waals surface area contributed by atoms with Gasteiger partial charge in [0.2, 0.25) is 11.9 Å². The van der Waals surface area contributed by atoms with Gasteiger partial charge in [-0.2, -0.15) is 4.98 Å². The maximum absolute atomic E-state index is 11.8. The first kappa shape index (κ1) is 19.3. The molecule has 1 saturated heterocycles. The minimum atomic E-state index is -0.720. The van der Waals surface area contributed by atoms with Gasteiger partial charge in [-0.1, -0.05) is 18.7 Å². The maximum atomic E-state index is 11.8. The molecule has 146 valence electrons. The van der Waals surface area contributed by atoms with Crippen LogP contribution in [0.15, 0.2) is 36.9 Å². The summed E-state index contributed by atoms with van der Waals surface area (Å²) < 4.78 is 0. The first-order valence-electron chi connectivity index (χ1n) is 9.02. The van der Waals surface area contributed by atoms with Gasteiger partial charge in [-0.25, -0.2) is 0 Å². The lowest BCUT2D eigenvalue weighted by molar-refractivity contribution is -0.127. The van der Waals surface area contributed by atoms with Gasteiger partial charge in [0, 0.05) is 24.8 Å². The number of hydrogen-bond donors (Lipinski definition) is 3. The lowest BCUT2D eigenvalue weighted by Crippen LogP contribution is -2.44. The number of amides is 2. The van der Waals surface area contributed by atoms with Crippen molar-refractivity contribution >= 4 is 29.3 Å². The number of hydrogen-bond acceptors (Lipinski definition) is 7. The number of aryl methyl sites for hydroxylation is 1. The molecule has 9 heteroatoms. The lowest BCUT2D eigenvalue weighted by Gasteiger charge is -2.32. The quantitative estimate of drug-likeness (QED) is 0.649. The van der Waals surface area contributed by atoms with E-state index >= 15 is 0 Å². The van der Waals surface area contributed by atoms with Crippen LogP contribution in [0.2, 0.25) is 0 Å². The number of carbonyl (C=O) groups excluding carboxylic acids is 2. The summed E-state index contributed by atoms with van der Waals surface area (Å²) in [6, 6.07) is 7.60. The third-order valence-electron chi connectivity index (χ3n) is 4.44. The zero-order valence-corrected chi connectivity index (χ0v) is 15.7. The fourth-order valence-electron chi connectivity index (χ4n) is 3.11. The number of piperidine rings is 1. The van der Waals surface area contributed by atoms with E-state index in [0.29, 0.717) is 13.1 Å². The van der Waals surface area contributed by atoms with Crippen molar-refractivity contribution in [2.24, 2.45) is 5.73 Å². The second kappa shape index (κ2) is 8.47. The molecule has 2 aromatic rings. The highest BCUT2D eigenvalue weighted by Crippen LogP contribution is 2.20. The average Bonchev–Trinajstić information content (AvgIpc) is 2.67. The van der Waals surface area contributed by atoms with Gasteiger partial charge >= 0.3 is 0 Å². The molecule has 0 radical (unpaired) electrons. The Morgan fingerprint density at radius 1 is 1.36 bits per heavy atom. The van der Waals surface area contributed by atoms with Crippen LogP contribution >= 0.6 is 0 Å². The molecule has 1 aromatic heterocycles. The van der Waals surface area contributed by atoms with Crippen LogP contribution in [-0.4, -0.2) is 51.0 Å². The summed E-state index contributed by atoms with van der Waals surface area (Å²) in [5, 5.41) is 14.2. The standard InChI is InChI=1S/C19H23N7O2/c1-3-15(27)26-9-5-8-14(11-26)22-19-23-18(16(17(20)28)24-25-19)21-13-7-4-6-12(2)10-13/h3-4,6-7,10,14H,1,5,8-9,11H2,2H3,(H2,20,28)(H2,21,22,23,25). The number of primary amides is 1. The molecule has 28 heavy (non-hydrogen) atoms. The number of nitrogens with one attached hydrogen (secondary N) is 2. The van der Waals surface area contributed by atoms with Crippen molar-refractivity contribution in [3.8, 4) is 0 Å². The summed E-state index contributed by atoms with van der Waals surface area (Å²) >= 11 is 0. The molecule has 1 aromatic carbocycles. The average molecular weight is 381 g/mol. The Bertz CT molecular complexity index is 900. The number of rotatable bonds is 6. The van der Waals surface area contributed by atoms with E-state index in [1.807, 2.05) is 31.2 Å². The highest BCUT2D eigenvalue weighted by Gasteiger charge is 2.23. The summed E-state index contributed by atoms with van der Waals surface area (Å²) in [6.45, 7) is 6.71. The van der Waals surface area contributed by atoms with Gasteiger partial charge in [-0.15, -0.1) is 10.2 Å². The Balaban J connectivity index is 1.79. The van der Waals surface area contributed by atoms with Crippen LogP contribution in [0.5, 0.6) is 0 Å². The number of nitrogens with two attached hydrogens (primary N) is 1. The molecule has 0 aliphatic carbocycles. The molecule has 1 aliphatic rings. The van der Waals surface area contributed by atoms with Crippen molar-refractivity contribution in [1.82, 2.24) is 20.1 Å². The van der Waals surface area contributed by atoms with Gasteiger partial charge in [-0.05, 0) is 43.5 Å². The number of anilines is 3. The summed E-state index contributed by atoms with van der Waals surface area (Å²) in [4.78, 5) is 29.7. The molecule has 2 amide bonds. The molecule has 1 atom stereocenters. The number of aromatic nitrogens is 3. The van der Waals surface area contributed by atoms with Crippen LogP contribution in [0.1, 0.15) is 28.9 Å². The summed E-state index contributed by atoms with van der Waals surface area (Å²) in [6.07, 6.45) is 3.03. The second-order valence-electron chi connectivity index (χ2n) is 6.66. The van der Waals surface area contributed by atoms with Crippen molar-refractivity contribution in [2.45, 2.75) is 25.8 Å². The first-order valence-corrected chi connectivity index (χ1v) is 9.02. The molecule has 0 spiro atoms. The molecule has 1 aliphatic heterocycles. The predicted octanol–water partition coefficient (Wildman–Crippen LogP) is 1.61. The Morgan fingerprint density at radius 2 is 2.18 bits per heavy atom. The smallest absolute Gasteiger partial charge is 0.273 e. The number of carbonyl (C=O) groups is 2. The minimum absolute atomic E-state index is 0.0225. The van der Waals surface area contributed by atoms with Gasteiger partial charge in [0.15, 0.2) is 11.5 Å². The molecule has 3 rings (SSSR count). The van der Waals surface area contributed by atoms with Crippen molar-refractivity contribution in [3.05, 3.63) is 48.2 Å². The lowest BCUT2D eigenvalue weighted by atomic mass is 10.1. The highest BCUT2D eigenvalue weighted by atomic mass is 16.2. The number of nitrogens with zero attached hydrogens (tertiary/aromatic N) is 4. The molecule has 1 fully saturated rings. The maximum Gasteiger partial charge on any atom is 0.273 e. The fraction of sp³-hybridized carbons (Fsp3) is 0.316. The van der Waals surface area contributed by atoms with Gasteiger partial charge in [0.1, 0.15) is 0 Å². The SMILES string of the molecule is C=CC(=O)N1CCCC(Nc2nnc(C(N)=O)c(Nc3cccc(C)c3)n2)C1. The minimum Gasteiger partial charge on any atom is -0.364 e. The predicted molar refractivity (Wildman–Crippen MR) is 106 cm³/mol. The van der Waals surface area contributed by atoms with Crippen molar-refractivity contribution in [1.29, 1.82) is 0 Å². The van der Waals surface area contributed by atoms with Crippen molar-refractivity contribution < 1.29 is 9.59 Å². The monoisotopic (exact) mass is 381 g/mol. The van der Waals surface area contributed by atoms with Crippen molar-refractivity contribution in [2.75, 3.05) is 23.7 Å². The second-order valence-corrected chi connectivity index (χ2v) is 6.66. The molecular formula is C19H23N7O2. The Labute approximate surface area is 163 Å². The molecule has 0 saturated carbocycles. The van der Waals surface area contributed by atoms with Crippen LogP contribution in [0.4, 0.5) is 17.5 Å². The van der Waals surface area contributed by atoms with Crippen LogP contribution < -0.4 is 16.4 Å². The molecule has 1 unspecified atom stereocenters. The Morgan fingerprint density at radius 3 is 2.89 bits per heavy atom. The molecular weight excluding hydrogens is 358 g/mol. The molecule has 9 nitrogen and oxygen atoms in total. The number of benzene rings is 1. The highest BCUT2D eigenvalue weighted by molar-refractivity contribution is 5.96. The molecule has 2 heterocycles. The van der Waals surface area contributed by atoms with E-state index in [1.165, 1.54) is 6.08 Å². The largest absolute Gasteiger partial charge is 0.364 e. The van der Waals surface area contributed by atoms with Crippen molar-refractivity contribution in [3.63, 3.8) is 0 Å². The third kappa shape index (κ3) is 4.61. The van der Waals surface area contributed by atoms with E-state index in [9.17, 15) is 9.59 Å². The van der Waals surface area contributed by atoms with Gasteiger partial charge in [-0.3, -0.25) is 9.59 Å². The van der Waals surface area contributed by atoms with Gasteiger partial charge < -0.3 is 21.3 Å². The van der Waals surface area contributed by atoms with E-state index in [-0.39, 0.29) is 29.4 Å². The van der Waals surface area contributed by atoms with Crippen LogP contribution in [0, 0.1) is 6.92 Å². The van der Waals surface area contributed by atoms with E-state index in [2.05, 4.69) is 32.4 Å². The number of likely N-dealkylation sites (tertiary alicyclic amines) is 1.